The number of methoxy groups -OCH3 is 1. The number of carbonyl (C=O) groups excluding carboxylic acids is 1. The normalized spacial score (nSPS) is 12.0. The van der Waals surface area contributed by atoms with Gasteiger partial charge in [0.1, 0.15) is 11.4 Å². The molecule has 0 bridgehead atoms. The van der Waals surface area contributed by atoms with E-state index in [1.165, 1.54) is 7.11 Å². The van der Waals surface area contributed by atoms with Crippen molar-refractivity contribution in [2.45, 2.75) is 6.10 Å². The van der Waals surface area contributed by atoms with Gasteiger partial charge in [-0.15, -0.1) is 0 Å². The van der Waals surface area contributed by atoms with Gasteiger partial charge < -0.3 is 15.2 Å². The maximum Gasteiger partial charge on any atom is 0.257 e. The fourth-order valence-corrected chi connectivity index (χ4v) is 2.27. The molecule has 1 atom stereocenters. The van der Waals surface area contributed by atoms with Crippen LogP contribution in [0.1, 0.15) is 22.0 Å². The van der Waals surface area contributed by atoms with Gasteiger partial charge in [0.25, 0.3) is 5.91 Å². The summed E-state index contributed by atoms with van der Waals surface area (Å²) in [6.45, 7) is -0.0236. The van der Waals surface area contributed by atoms with Gasteiger partial charge in [0.05, 0.1) is 6.10 Å². The molecule has 0 aromatic heterocycles. The van der Waals surface area contributed by atoms with Gasteiger partial charge in [0, 0.05) is 18.7 Å². The summed E-state index contributed by atoms with van der Waals surface area (Å²) in [4.78, 5) is 12.0. The number of nitrogens with one attached hydrogen (secondary N) is 1. The molecule has 0 spiro atoms. The number of hydrogen-bond acceptors (Lipinski definition) is 3. The highest BCUT2D eigenvalue weighted by atomic mass is 35.5. The number of benzene rings is 2. The van der Waals surface area contributed by atoms with Crippen molar-refractivity contribution < 1.29 is 23.4 Å². The van der Waals surface area contributed by atoms with E-state index in [9.17, 15) is 18.7 Å². The molecule has 0 saturated carbocycles. The van der Waals surface area contributed by atoms with Crippen LogP contribution < -0.4 is 5.32 Å². The fraction of sp³-hybridized carbons (Fsp3) is 0.188. The molecular weight excluding hydrogens is 328 g/mol. The maximum atomic E-state index is 13.7. The number of hydrogen-bond donors (Lipinski definition) is 2. The topological polar surface area (TPSA) is 58.6 Å². The molecular formula is C16H14ClF2NO3. The average Bonchev–Trinajstić information content (AvgIpc) is 2.52. The quantitative estimate of drug-likeness (QED) is 0.876. The van der Waals surface area contributed by atoms with E-state index < -0.39 is 35.0 Å². The van der Waals surface area contributed by atoms with Crippen molar-refractivity contribution in [3.8, 4) is 5.75 Å². The van der Waals surface area contributed by atoms with Gasteiger partial charge in [-0.05, 0) is 29.8 Å². The standard InChI is InChI=1S/C16H14ClF2NO3/c1-23-13(9-3-2-4-10(17)7-9)8-20-16(22)14-11(18)5-6-12(21)15(14)19/h2-7,13,21H,8H2,1H3,(H,20,22). The van der Waals surface area contributed by atoms with Gasteiger partial charge in [-0.2, -0.15) is 0 Å². The minimum atomic E-state index is -1.31. The number of halogens is 3. The molecule has 2 aromatic carbocycles. The van der Waals surface area contributed by atoms with E-state index in [0.29, 0.717) is 10.6 Å². The largest absolute Gasteiger partial charge is 0.505 e. The Balaban J connectivity index is 2.13. The number of amides is 1. The van der Waals surface area contributed by atoms with Crippen LogP contribution in [-0.2, 0) is 4.74 Å². The van der Waals surface area contributed by atoms with Crippen LogP contribution in [0.3, 0.4) is 0 Å². The van der Waals surface area contributed by atoms with E-state index in [1.807, 2.05) is 0 Å². The zero-order valence-electron chi connectivity index (χ0n) is 12.1. The fourth-order valence-electron chi connectivity index (χ4n) is 2.07. The van der Waals surface area contributed by atoms with E-state index in [1.54, 1.807) is 24.3 Å². The summed E-state index contributed by atoms with van der Waals surface area (Å²) < 4.78 is 32.5. The molecule has 23 heavy (non-hydrogen) atoms. The Morgan fingerprint density at radius 1 is 1.35 bits per heavy atom. The Labute approximate surface area is 136 Å². The molecule has 0 aliphatic heterocycles. The van der Waals surface area contributed by atoms with Gasteiger partial charge in [-0.25, -0.2) is 8.78 Å². The van der Waals surface area contributed by atoms with Crippen LogP contribution >= 0.6 is 11.6 Å². The first-order valence-corrected chi connectivity index (χ1v) is 7.05. The molecule has 7 heteroatoms. The summed E-state index contributed by atoms with van der Waals surface area (Å²) in [5, 5.41) is 12.1. The first kappa shape index (κ1) is 17.2. The monoisotopic (exact) mass is 341 g/mol. The smallest absolute Gasteiger partial charge is 0.257 e. The molecule has 2 rings (SSSR count). The van der Waals surface area contributed by atoms with E-state index in [2.05, 4.69) is 5.32 Å². The number of phenolic OH excluding ortho intramolecular Hbond substituents is 1. The van der Waals surface area contributed by atoms with E-state index in [4.69, 9.17) is 16.3 Å². The van der Waals surface area contributed by atoms with Crippen molar-refractivity contribution in [2.24, 2.45) is 0 Å². The van der Waals surface area contributed by atoms with Gasteiger partial charge in [0.15, 0.2) is 11.6 Å². The summed E-state index contributed by atoms with van der Waals surface area (Å²) in [5.41, 5.74) is -0.136. The van der Waals surface area contributed by atoms with Crippen LogP contribution in [0.2, 0.25) is 5.02 Å². The summed E-state index contributed by atoms with van der Waals surface area (Å²) in [7, 11) is 1.44. The van der Waals surface area contributed by atoms with Gasteiger partial charge in [0.2, 0.25) is 0 Å². The molecule has 1 unspecified atom stereocenters. The van der Waals surface area contributed by atoms with Gasteiger partial charge >= 0.3 is 0 Å². The van der Waals surface area contributed by atoms with Crippen LogP contribution in [0.15, 0.2) is 36.4 Å². The van der Waals surface area contributed by atoms with Crippen molar-refractivity contribution >= 4 is 17.5 Å². The van der Waals surface area contributed by atoms with Crippen molar-refractivity contribution in [1.82, 2.24) is 5.32 Å². The molecule has 0 aliphatic rings. The highest BCUT2D eigenvalue weighted by molar-refractivity contribution is 6.30. The van der Waals surface area contributed by atoms with Crippen molar-refractivity contribution in [3.63, 3.8) is 0 Å². The lowest BCUT2D eigenvalue weighted by Crippen LogP contribution is -2.30. The van der Waals surface area contributed by atoms with Crippen LogP contribution in [0, 0.1) is 11.6 Å². The maximum absolute atomic E-state index is 13.7. The highest BCUT2D eigenvalue weighted by Crippen LogP contribution is 2.23. The van der Waals surface area contributed by atoms with Gasteiger partial charge in [-0.1, -0.05) is 23.7 Å². The molecule has 0 saturated heterocycles. The Bertz CT molecular complexity index is 724. The number of phenols is 1. The van der Waals surface area contributed by atoms with Crippen LogP contribution in [0.4, 0.5) is 8.78 Å². The van der Waals surface area contributed by atoms with Crippen molar-refractivity contribution in [3.05, 3.63) is 64.2 Å². The average molecular weight is 342 g/mol. The lowest BCUT2D eigenvalue weighted by molar-refractivity contribution is 0.0821. The Kier molecular flexibility index (Phi) is 5.52. The van der Waals surface area contributed by atoms with E-state index in [-0.39, 0.29) is 6.54 Å². The third-order valence-electron chi connectivity index (χ3n) is 3.25. The number of ether oxygens (including phenoxy) is 1. The molecule has 2 N–H and O–H groups in total. The zero-order valence-corrected chi connectivity index (χ0v) is 12.9. The Hall–Kier alpha value is -2.18. The summed E-state index contributed by atoms with van der Waals surface area (Å²) in [5.74, 6) is -4.15. The third-order valence-corrected chi connectivity index (χ3v) is 3.49. The predicted molar refractivity (Wildman–Crippen MR) is 81.6 cm³/mol. The van der Waals surface area contributed by atoms with E-state index >= 15 is 0 Å². The minimum absolute atomic E-state index is 0.0236. The van der Waals surface area contributed by atoms with Crippen molar-refractivity contribution in [2.75, 3.05) is 13.7 Å². The molecule has 0 heterocycles. The first-order valence-electron chi connectivity index (χ1n) is 6.67. The number of rotatable bonds is 5. The Morgan fingerprint density at radius 3 is 2.74 bits per heavy atom. The SMILES string of the molecule is COC(CNC(=O)c1c(F)ccc(O)c1F)c1cccc(Cl)c1. The summed E-state index contributed by atoms with van der Waals surface area (Å²) >= 11 is 5.89. The lowest BCUT2D eigenvalue weighted by atomic mass is 10.1. The predicted octanol–water partition coefficient (Wildman–Crippen LogP) is 3.44. The minimum Gasteiger partial charge on any atom is -0.505 e. The molecule has 0 fully saturated rings. The Morgan fingerprint density at radius 2 is 2.09 bits per heavy atom. The van der Waals surface area contributed by atoms with Crippen LogP contribution in [0.25, 0.3) is 0 Å². The van der Waals surface area contributed by atoms with Gasteiger partial charge in [-0.3, -0.25) is 4.79 Å². The second-order valence-electron chi connectivity index (χ2n) is 4.74. The highest BCUT2D eigenvalue weighted by Gasteiger charge is 2.21. The van der Waals surface area contributed by atoms with Crippen LogP contribution in [-0.4, -0.2) is 24.7 Å². The molecule has 0 radical (unpaired) electrons. The molecule has 0 aliphatic carbocycles. The molecule has 1 amide bonds. The zero-order chi connectivity index (χ0) is 17.0. The summed E-state index contributed by atoms with van der Waals surface area (Å²) in [6, 6.07) is 8.48. The number of carbonyl (C=O) groups is 1. The van der Waals surface area contributed by atoms with E-state index in [0.717, 1.165) is 12.1 Å². The molecule has 4 nitrogen and oxygen atoms in total. The first-order chi connectivity index (χ1) is 10.9. The molecule has 122 valence electrons. The second-order valence-corrected chi connectivity index (χ2v) is 5.18. The third kappa shape index (κ3) is 3.97. The van der Waals surface area contributed by atoms with Crippen molar-refractivity contribution in [1.29, 1.82) is 0 Å². The van der Waals surface area contributed by atoms with Crippen LogP contribution in [0.5, 0.6) is 5.75 Å². The second kappa shape index (κ2) is 7.39. The lowest BCUT2D eigenvalue weighted by Gasteiger charge is -2.17. The molecule has 2 aromatic rings. The number of aromatic hydroxyl groups is 1. The summed E-state index contributed by atoms with van der Waals surface area (Å²) in [6.07, 6.45) is -0.541.